The van der Waals surface area contributed by atoms with Gasteiger partial charge in [-0.2, -0.15) is 0 Å². The first kappa shape index (κ1) is 20.9. The van der Waals surface area contributed by atoms with Crippen LogP contribution in [0.5, 0.6) is 0 Å². The molecule has 22 heavy (non-hydrogen) atoms. The maximum Gasteiger partial charge on any atom is 0.302 e. The minimum absolute atomic E-state index is 0.207. The Hall–Kier alpha value is -1.05. The highest BCUT2D eigenvalue weighted by Crippen LogP contribution is 2.10. The molecule has 0 saturated carbocycles. The lowest BCUT2D eigenvalue weighted by Gasteiger charge is -2.00. The topological polar surface area (TPSA) is 26.3 Å². The summed E-state index contributed by atoms with van der Waals surface area (Å²) in [5, 5.41) is 0. The average Bonchev–Trinajstić information content (AvgIpc) is 2.50. The minimum Gasteiger partial charge on any atom is -0.462 e. The molecule has 0 aromatic carbocycles. The fourth-order valence-corrected chi connectivity index (χ4v) is 2.32. The molecule has 0 aliphatic heterocycles. The van der Waals surface area contributed by atoms with E-state index in [1.54, 1.807) is 0 Å². The molecule has 0 aromatic rings. The Morgan fingerprint density at radius 3 is 1.68 bits per heavy atom. The molecule has 0 aliphatic carbocycles. The predicted molar refractivity (Wildman–Crippen MR) is 96.0 cm³/mol. The normalized spacial score (nSPS) is 11.5. The van der Waals surface area contributed by atoms with E-state index in [1.807, 2.05) is 6.08 Å². The highest BCUT2D eigenvalue weighted by molar-refractivity contribution is 5.65. The van der Waals surface area contributed by atoms with Crippen LogP contribution in [0.4, 0.5) is 0 Å². The van der Waals surface area contributed by atoms with E-state index in [9.17, 15) is 4.79 Å². The zero-order valence-corrected chi connectivity index (χ0v) is 14.8. The van der Waals surface area contributed by atoms with Crippen LogP contribution < -0.4 is 0 Å². The summed E-state index contributed by atoms with van der Waals surface area (Å²) in [7, 11) is 0. The molecule has 0 heterocycles. The lowest BCUT2D eigenvalue weighted by molar-refractivity contribution is -0.139. The fraction of sp³-hybridized carbons (Fsp3) is 0.750. The fourth-order valence-electron chi connectivity index (χ4n) is 2.32. The molecule has 0 aliphatic rings. The number of carbonyl (C=O) groups excluding carboxylic acids is 1. The monoisotopic (exact) mass is 308 g/mol. The molecule has 0 N–H and O–H groups in total. The lowest BCUT2D eigenvalue weighted by Crippen LogP contribution is -1.97. The summed E-state index contributed by atoms with van der Waals surface area (Å²) in [6.45, 7) is 4.10. The largest absolute Gasteiger partial charge is 0.462 e. The molecule has 0 saturated heterocycles. The molecule has 2 heteroatoms. The second kappa shape index (κ2) is 18.0. The highest BCUT2D eigenvalue weighted by atomic mass is 16.5. The van der Waals surface area contributed by atoms with Crippen LogP contribution in [0, 0.1) is 0 Å². The lowest BCUT2D eigenvalue weighted by atomic mass is 10.1. The summed E-state index contributed by atoms with van der Waals surface area (Å²) in [4.78, 5) is 10.5. The summed E-state index contributed by atoms with van der Waals surface area (Å²) >= 11 is 0. The van der Waals surface area contributed by atoms with Crippen molar-refractivity contribution in [2.24, 2.45) is 0 Å². The van der Waals surface area contributed by atoms with Crippen LogP contribution >= 0.6 is 0 Å². The van der Waals surface area contributed by atoms with Gasteiger partial charge in [0.25, 0.3) is 0 Å². The number of rotatable bonds is 15. The first-order chi connectivity index (χ1) is 10.8. The maximum atomic E-state index is 10.5. The summed E-state index contributed by atoms with van der Waals surface area (Å²) in [5.41, 5.74) is 0. The molecule has 0 atom stereocenters. The third kappa shape index (κ3) is 18.9. The van der Waals surface area contributed by atoms with E-state index in [0.29, 0.717) is 6.61 Å². The third-order valence-corrected chi connectivity index (χ3v) is 3.68. The zero-order chi connectivity index (χ0) is 16.3. The summed E-state index contributed by atoms with van der Waals surface area (Å²) in [6, 6.07) is 0. The van der Waals surface area contributed by atoms with Gasteiger partial charge in [0, 0.05) is 6.92 Å². The molecule has 0 fully saturated rings. The van der Waals surface area contributed by atoms with Gasteiger partial charge in [-0.25, -0.2) is 0 Å². The van der Waals surface area contributed by atoms with Crippen LogP contribution in [0.3, 0.4) is 0 Å². The molecule has 0 aromatic heterocycles. The predicted octanol–water partition coefficient (Wildman–Crippen LogP) is 6.36. The van der Waals surface area contributed by atoms with Crippen molar-refractivity contribution in [2.75, 3.05) is 6.61 Å². The van der Waals surface area contributed by atoms with Gasteiger partial charge in [0.2, 0.25) is 0 Å². The van der Waals surface area contributed by atoms with Crippen LogP contribution in [0.25, 0.3) is 0 Å². The number of allylic oxidation sites excluding steroid dienone is 3. The van der Waals surface area contributed by atoms with E-state index in [4.69, 9.17) is 4.74 Å². The van der Waals surface area contributed by atoms with Crippen molar-refractivity contribution in [3.05, 3.63) is 24.3 Å². The molecule has 2 nitrogen and oxygen atoms in total. The number of unbranched alkanes of at least 4 members (excludes halogenated alkanes) is 10. The summed E-state index contributed by atoms with van der Waals surface area (Å²) < 4.78 is 4.83. The molecular weight excluding hydrogens is 272 g/mol. The van der Waals surface area contributed by atoms with Crippen molar-refractivity contribution in [1.29, 1.82) is 0 Å². The van der Waals surface area contributed by atoms with Gasteiger partial charge in [-0.1, -0.05) is 76.2 Å². The maximum absolute atomic E-state index is 10.5. The van der Waals surface area contributed by atoms with Gasteiger partial charge < -0.3 is 4.74 Å². The zero-order valence-electron chi connectivity index (χ0n) is 14.8. The van der Waals surface area contributed by atoms with Gasteiger partial charge >= 0.3 is 5.97 Å². The second-order valence-electron chi connectivity index (χ2n) is 5.94. The van der Waals surface area contributed by atoms with E-state index >= 15 is 0 Å². The van der Waals surface area contributed by atoms with Crippen LogP contribution in [0.15, 0.2) is 24.3 Å². The van der Waals surface area contributed by atoms with Crippen molar-refractivity contribution in [1.82, 2.24) is 0 Å². The number of carbonyl (C=O) groups is 1. The number of hydrogen-bond donors (Lipinski definition) is 0. The minimum atomic E-state index is -0.207. The van der Waals surface area contributed by atoms with Gasteiger partial charge in [-0.05, 0) is 32.1 Å². The van der Waals surface area contributed by atoms with E-state index in [1.165, 1.54) is 77.6 Å². The summed E-state index contributed by atoms with van der Waals surface area (Å²) in [5.74, 6) is -0.207. The van der Waals surface area contributed by atoms with Gasteiger partial charge in [-0.15, -0.1) is 0 Å². The second-order valence-corrected chi connectivity index (χ2v) is 5.94. The Bertz CT molecular complexity index is 292. The van der Waals surface area contributed by atoms with Crippen LogP contribution in [-0.4, -0.2) is 12.6 Å². The van der Waals surface area contributed by atoms with Crippen molar-refractivity contribution < 1.29 is 9.53 Å². The van der Waals surface area contributed by atoms with Crippen LogP contribution in [-0.2, 0) is 9.53 Å². The Balaban J connectivity index is 3.11. The van der Waals surface area contributed by atoms with Crippen molar-refractivity contribution in [3.63, 3.8) is 0 Å². The van der Waals surface area contributed by atoms with Crippen molar-refractivity contribution >= 4 is 5.97 Å². The highest BCUT2D eigenvalue weighted by Gasteiger charge is 1.91. The molecule has 128 valence electrons. The van der Waals surface area contributed by atoms with E-state index in [-0.39, 0.29) is 5.97 Å². The van der Waals surface area contributed by atoms with E-state index < -0.39 is 0 Å². The van der Waals surface area contributed by atoms with Gasteiger partial charge in [0.15, 0.2) is 0 Å². The van der Waals surface area contributed by atoms with Crippen molar-refractivity contribution in [2.45, 2.75) is 90.9 Å². The third-order valence-electron chi connectivity index (χ3n) is 3.68. The van der Waals surface area contributed by atoms with Gasteiger partial charge in [0.1, 0.15) is 6.61 Å². The van der Waals surface area contributed by atoms with Crippen LogP contribution in [0.2, 0.25) is 0 Å². The molecule has 0 radical (unpaired) electrons. The smallest absolute Gasteiger partial charge is 0.302 e. The Morgan fingerprint density at radius 1 is 0.727 bits per heavy atom. The Morgan fingerprint density at radius 2 is 1.18 bits per heavy atom. The molecular formula is C20H36O2. The standard InChI is InChI=1S/C20H36O2/c1-3-4-5-6-7-8-9-10-11-12-13-14-15-16-17-18-19-22-20(2)21/h6-7,17-18H,3-5,8-16,19H2,1-2H3. The molecule has 0 bridgehead atoms. The Labute approximate surface area is 138 Å². The van der Waals surface area contributed by atoms with E-state index in [2.05, 4.69) is 25.2 Å². The van der Waals surface area contributed by atoms with Gasteiger partial charge in [-0.3, -0.25) is 4.79 Å². The molecule has 0 unspecified atom stereocenters. The average molecular weight is 309 g/mol. The molecule has 0 amide bonds. The quantitative estimate of drug-likeness (QED) is 0.200. The number of hydrogen-bond acceptors (Lipinski definition) is 2. The first-order valence-electron chi connectivity index (χ1n) is 9.20. The van der Waals surface area contributed by atoms with Gasteiger partial charge in [0.05, 0.1) is 0 Å². The van der Waals surface area contributed by atoms with Crippen LogP contribution in [0.1, 0.15) is 90.9 Å². The Kier molecular flexibility index (Phi) is 17.1. The number of ether oxygens (including phenoxy) is 1. The van der Waals surface area contributed by atoms with Crippen molar-refractivity contribution in [3.8, 4) is 0 Å². The molecule has 0 spiro atoms. The first-order valence-corrected chi connectivity index (χ1v) is 9.20. The number of esters is 1. The molecule has 0 rings (SSSR count). The van der Waals surface area contributed by atoms with E-state index in [0.717, 1.165) is 6.42 Å². The SMILES string of the molecule is CCCCC=CCCCCCCCCCC=CCOC(C)=O. The summed E-state index contributed by atoms with van der Waals surface area (Å²) in [6.07, 6.45) is 24.4.